The Bertz CT molecular complexity index is 2620. The normalized spacial score (nSPS) is 28.4. The number of hydrogen-bond donors (Lipinski definition) is 6. The summed E-state index contributed by atoms with van der Waals surface area (Å²) >= 11 is 1.10. The minimum Gasteiger partial charge on any atom is -0.507 e. The van der Waals surface area contributed by atoms with E-state index in [2.05, 4.69) is 5.32 Å². The van der Waals surface area contributed by atoms with Crippen molar-refractivity contribution in [3.8, 4) is 17.2 Å². The molecule has 6 N–H and O–H groups in total. The minimum atomic E-state index is -2.39. The number of Topliss-reactive ketones (excluding diaryl/α,β-unsaturated/α-hetero) is 1. The Hall–Kier alpha value is -6.36. The summed E-state index contributed by atoms with van der Waals surface area (Å²) in [6.45, 7) is -0.274. The first-order valence-corrected chi connectivity index (χ1v) is 21.8. The summed E-state index contributed by atoms with van der Waals surface area (Å²) in [6, 6.07) is 9.93. The van der Waals surface area contributed by atoms with Gasteiger partial charge in [0.1, 0.15) is 60.3 Å². The number of nitrogens with one attached hydrogen (secondary N) is 1. The van der Waals surface area contributed by atoms with E-state index in [1.807, 2.05) is 6.07 Å². The highest BCUT2D eigenvalue weighted by molar-refractivity contribution is 8.03. The zero-order valence-electron chi connectivity index (χ0n) is 35.2. The lowest BCUT2D eigenvalue weighted by molar-refractivity contribution is -0.246. The van der Waals surface area contributed by atoms with Gasteiger partial charge < -0.3 is 59.4 Å². The van der Waals surface area contributed by atoms with Crippen molar-refractivity contribution in [2.45, 2.75) is 86.3 Å². The lowest BCUT2D eigenvalue weighted by Gasteiger charge is -2.51. The van der Waals surface area contributed by atoms with Gasteiger partial charge in [0.25, 0.3) is 0 Å². The van der Waals surface area contributed by atoms with Gasteiger partial charge in [-0.3, -0.25) is 28.9 Å². The number of phenolic OH excluding ortho intramolecular Hbond substituents is 2. The van der Waals surface area contributed by atoms with Crippen molar-refractivity contribution in [2.75, 3.05) is 27.1 Å². The number of aromatic hydroxyl groups is 2. The zero-order chi connectivity index (χ0) is 46.9. The average Bonchev–Trinajstić information content (AvgIpc) is 3.74. The number of nitrogens with zero attached hydrogens (tertiary/aromatic N) is 2. The summed E-state index contributed by atoms with van der Waals surface area (Å²) in [5.41, 5.74) is -3.41. The Labute approximate surface area is 379 Å². The van der Waals surface area contributed by atoms with E-state index in [0.29, 0.717) is 0 Å². The fourth-order valence-corrected chi connectivity index (χ4v) is 11.0. The second-order valence-electron chi connectivity index (χ2n) is 16.8. The van der Waals surface area contributed by atoms with Crippen LogP contribution in [0.15, 0.2) is 59.5 Å². The van der Waals surface area contributed by atoms with Crippen LogP contribution in [0.2, 0.25) is 0 Å². The first-order chi connectivity index (χ1) is 31.6. The lowest BCUT2D eigenvalue weighted by atomic mass is 9.72. The highest BCUT2D eigenvalue weighted by Crippen LogP contribution is 2.53. The van der Waals surface area contributed by atoms with Crippen molar-refractivity contribution in [1.82, 2.24) is 15.1 Å². The molecule has 9 unspecified atom stereocenters. The number of thioether (sulfide) groups is 1. The molecule has 3 amide bonds. The first kappa shape index (κ1) is 44.8. The van der Waals surface area contributed by atoms with E-state index >= 15 is 0 Å². The van der Waals surface area contributed by atoms with Crippen molar-refractivity contribution >= 4 is 53.0 Å². The van der Waals surface area contributed by atoms with Crippen LogP contribution in [0, 0.1) is 0 Å². The molecule has 2 aliphatic carbocycles. The Morgan fingerprint density at radius 3 is 2.44 bits per heavy atom. The van der Waals surface area contributed by atoms with E-state index in [-0.39, 0.29) is 53.1 Å². The smallest absolute Gasteiger partial charge is 0.412 e. The highest BCUT2D eigenvalue weighted by atomic mass is 32.2. The van der Waals surface area contributed by atoms with E-state index in [1.165, 1.54) is 35.6 Å². The van der Waals surface area contributed by atoms with Gasteiger partial charge in [-0.1, -0.05) is 42.5 Å². The van der Waals surface area contributed by atoms with Crippen LogP contribution in [0.1, 0.15) is 74.4 Å². The van der Waals surface area contributed by atoms with Gasteiger partial charge >= 0.3 is 12.1 Å². The predicted molar refractivity (Wildman–Crippen MR) is 224 cm³/mol. The van der Waals surface area contributed by atoms with Gasteiger partial charge in [-0.25, -0.2) is 9.59 Å². The molecular formula is C45H43N3O17S. The number of ketones is 3. The largest absolute Gasteiger partial charge is 0.507 e. The zero-order valence-corrected chi connectivity index (χ0v) is 36.0. The molecular weight excluding hydrogens is 887 g/mol. The summed E-state index contributed by atoms with van der Waals surface area (Å²) in [4.78, 5) is 95.6. The number of phenols is 2. The van der Waals surface area contributed by atoms with Gasteiger partial charge in [0.05, 0.1) is 48.5 Å². The van der Waals surface area contributed by atoms with Gasteiger partial charge in [0.2, 0.25) is 17.6 Å². The molecule has 346 valence electrons. The van der Waals surface area contributed by atoms with Gasteiger partial charge in [-0.15, -0.1) is 11.8 Å². The molecule has 3 saturated heterocycles. The van der Waals surface area contributed by atoms with Gasteiger partial charge in [0.15, 0.2) is 23.9 Å². The number of amides is 3. The number of benzene rings is 3. The van der Waals surface area contributed by atoms with Crippen molar-refractivity contribution in [2.24, 2.45) is 0 Å². The summed E-state index contributed by atoms with van der Waals surface area (Å²) in [5.74, 6) is -6.61. The van der Waals surface area contributed by atoms with Crippen LogP contribution in [0.4, 0.5) is 4.79 Å². The third-order valence-electron chi connectivity index (χ3n) is 12.9. The molecule has 9 rings (SSSR count). The molecule has 0 bridgehead atoms. The number of rotatable bonds is 11. The van der Waals surface area contributed by atoms with Crippen molar-refractivity contribution in [1.29, 1.82) is 0 Å². The van der Waals surface area contributed by atoms with Gasteiger partial charge in [-0.05, 0) is 24.0 Å². The second kappa shape index (κ2) is 17.1. The van der Waals surface area contributed by atoms with E-state index in [1.54, 1.807) is 31.2 Å². The number of carbonyl (C=O) groups excluding carboxylic acids is 6. The Morgan fingerprint density at radius 1 is 0.985 bits per heavy atom. The van der Waals surface area contributed by atoms with Crippen LogP contribution in [-0.2, 0) is 51.0 Å². The van der Waals surface area contributed by atoms with Crippen molar-refractivity contribution in [3.63, 3.8) is 0 Å². The lowest BCUT2D eigenvalue weighted by Crippen LogP contribution is -2.74. The average molecular weight is 930 g/mol. The topological polar surface area (TPSA) is 285 Å². The molecule has 20 nitrogen and oxygen atoms in total. The van der Waals surface area contributed by atoms with Crippen LogP contribution < -0.4 is 10.1 Å². The van der Waals surface area contributed by atoms with E-state index in [0.717, 1.165) is 22.2 Å². The summed E-state index contributed by atoms with van der Waals surface area (Å²) < 4.78 is 29.4. The number of ether oxygens (including phenoxy) is 5. The number of hydrogen-bond acceptors (Lipinski definition) is 17. The van der Waals surface area contributed by atoms with Gasteiger partial charge in [-0.2, -0.15) is 0 Å². The van der Waals surface area contributed by atoms with Crippen LogP contribution in [0.3, 0.4) is 0 Å². The number of carboxylic acids is 1. The van der Waals surface area contributed by atoms with Crippen molar-refractivity contribution < 1.29 is 82.8 Å². The number of aliphatic hydroxyl groups excluding tert-OH is 1. The number of carbonyl (C=O) groups is 7. The molecule has 3 fully saturated rings. The summed E-state index contributed by atoms with van der Waals surface area (Å²) in [7, 11) is 1.29. The number of β-lactam (4-membered cyclic amide) rings is 1. The number of aliphatic hydroxyl groups is 2. The maximum atomic E-state index is 14.1. The van der Waals surface area contributed by atoms with E-state index < -0.39 is 144 Å². The monoisotopic (exact) mass is 929 g/mol. The molecule has 4 heterocycles. The van der Waals surface area contributed by atoms with E-state index in [9.17, 15) is 59.1 Å². The molecule has 66 heavy (non-hydrogen) atoms. The maximum absolute atomic E-state index is 14.1. The molecule has 0 spiro atoms. The number of methoxy groups -OCH3 is 1. The molecule has 6 aliphatic rings. The van der Waals surface area contributed by atoms with Gasteiger partial charge in [0, 0.05) is 41.5 Å². The molecule has 3 aromatic carbocycles. The standard InChI is InChI=1S/C45H43N3O17S/c1-19-40-24(47(18-63-40)44(59)62-16-21-17-66-42-34(41(56)48(42)35(21)43(57)58)46-28(51)11-20-7-4-3-5-8-20)12-29(64-19)65-26-14-45(60,27(50)15-49)13-23-31(26)39(55)33-32(37(23)53)36(52)22-9-6-10-25(61-2)30(22)38(33)54/h3-10,17,19,24,26,29,34-35,40,42,49,53,55,60H,11-16,18H2,1-2H3,(H,46,51)(H,57,58). The molecule has 9 atom stereocenters. The highest BCUT2D eigenvalue weighted by Gasteiger charge is 2.57. The third-order valence-corrected chi connectivity index (χ3v) is 14.1. The fraction of sp³-hybridized carbons (Fsp3) is 0.400. The Morgan fingerprint density at radius 2 is 1.73 bits per heavy atom. The van der Waals surface area contributed by atoms with Crippen LogP contribution in [-0.4, -0.2) is 151 Å². The van der Waals surface area contributed by atoms with E-state index in [4.69, 9.17) is 23.7 Å². The second-order valence-corrected chi connectivity index (χ2v) is 17.8. The first-order valence-electron chi connectivity index (χ1n) is 20.9. The molecule has 0 radical (unpaired) electrons. The molecule has 3 aromatic rings. The Kier molecular flexibility index (Phi) is 11.6. The van der Waals surface area contributed by atoms with Crippen LogP contribution in [0.25, 0.3) is 0 Å². The molecule has 4 aliphatic heterocycles. The predicted octanol–water partition coefficient (Wildman–Crippen LogP) is 1.46. The molecule has 21 heteroatoms. The number of aliphatic carboxylic acids is 1. The quantitative estimate of drug-likeness (QED) is 0.0917. The number of fused-ring (bicyclic) bond motifs is 5. The molecule has 0 saturated carbocycles. The van der Waals surface area contributed by atoms with Crippen LogP contribution in [0.5, 0.6) is 17.2 Å². The fourth-order valence-electron chi connectivity index (χ4n) is 9.75. The minimum absolute atomic E-state index is 0.0258. The SMILES string of the molecule is COc1cccc2c1C(=O)c1c(O)c3c(c(O)c1C2=O)CC(O)(C(=O)CO)CC3OC1CC2C(OCN2C(=O)OCC2=CSC3C(NC(=O)Cc4ccccc4)C(=O)N3C2C(=O)O)C(C)O1. The number of carboxylic acid groups (broad SMARTS) is 1. The molecule has 0 aromatic heterocycles. The Balaban J connectivity index is 0.924. The van der Waals surface area contributed by atoms with Crippen molar-refractivity contribution in [3.05, 3.63) is 98.5 Å². The third kappa shape index (κ3) is 7.35. The summed E-state index contributed by atoms with van der Waals surface area (Å²) in [5, 5.41) is 58.8. The summed E-state index contributed by atoms with van der Waals surface area (Å²) in [6.07, 6.45) is -6.57. The maximum Gasteiger partial charge on any atom is 0.412 e. The van der Waals surface area contributed by atoms with Crippen LogP contribution >= 0.6 is 11.8 Å².